The van der Waals surface area contributed by atoms with Crippen molar-refractivity contribution in [1.29, 1.82) is 0 Å². The second kappa shape index (κ2) is 5.36. The number of rotatable bonds is 2. The molecule has 2 aliphatic heterocycles. The van der Waals surface area contributed by atoms with Crippen LogP contribution in [-0.2, 0) is 14.6 Å². The summed E-state index contributed by atoms with van der Waals surface area (Å²) in [4.78, 5) is 24.3. The maximum atomic E-state index is 12.0. The zero-order valence-corrected chi connectivity index (χ0v) is 11.4. The summed E-state index contributed by atoms with van der Waals surface area (Å²) in [5.74, 6) is -0.894. The van der Waals surface area contributed by atoms with E-state index in [1.54, 1.807) is 0 Å². The second-order valence-electron chi connectivity index (χ2n) is 5.09. The minimum atomic E-state index is -3.08. The molecular formula is C11H18N2O5S. The standard InChI is InChI=1S/C11H18N2O5S/c14-10(15)9-4-1-5-13(9)11(16)12-8-3-2-6-19(17,18)7-8/h8-9H,1-7H2,(H,12,16)(H,14,15)/t8?,9-/m1/s1. The zero-order valence-electron chi connectivity index (χ0n) is 10.5. The van der Waals surface area contributed by atoms with Crippen molar-refractivity contribution in [1.82, 2.24) is 10.2 Å². The molecule has 0 radical (unpaired) electrons. The molecule has 2 fully saturated rings. The molecule has 0 aliphatic carbocycles. The average molecular weight is 290 g/mol. The lowest BCUT2D eigenvalue weighted by Gasteiger charge is -2.27. The number of hydrogen-bond acceptors (Lipinski definition) is 4. The number of urea groups is 1. The number of carboxylic acids is 1. The number of aliphatic carboxylic acids is 1. The normalized spacial score (nSPS) is 30.0. The topological polar surface area (TPSA) is 104 Å². The first kappa shape index (κ1) is 14.1. The summed E-state index contributed by atoms with van der Waals surface area (Å²) in [6.45, 7) is 0.405. The lowest BCUT2D eigenvalue weighted by molar-refractivity contribution is -0.141. The Kier molecular flexibility index (Phi) is 3.98. The molecule has 0 bridgehead atoms. The van der Waals surface area contributed by atoms with E-state index in [1.165, 1.54) is 4.90 Å². The molecule has 0 saturated carbocycles. The molecule has 2 atom stereocenters. The van der Waals surface area contributed by atoms with Gasteiger partial charge < -0.3 is 15.3 Å². The molecule has 1 unspecified atom stereocenters. The van der Waals surface area contributed by atoms with E-state index in [1.807, 2.05) is 0 Å². The van der Waals surface area contributed by atoms with Gasteiger partial charge in [-0.1, -0.05) is 0 Å². The Hall–Kier alpha value is -1.31. The molecule has 0 aromatic heterocycles. The monoisotopic (exact) mass is 290 g/mol. The second-order valence-corrected chi connectivity index (χ2v) is 7.32. The van der Waals surface area contributed by atoms with Crippen LogP contribution in [0.15, 0.2) is 0 Å². The highest BCUT2D eigenvalue weighted by Crippen LogP contribution is 2.18. The smallest absolute Gasteiger partial charge is 0.326 e. The SMILES string of the molecule is O=C(O)[C@H]1CCCN1C(=O)NC1CCCS(=O)(=O)C1. The summed E-state index contributed by atoms with van der Waals surface area (Å²) in [5, 5.41) is 11.6. The van der Waals surface area contributed by atoms with Crippen molar-refractivity contribution in [3.8, 4) is 0 Å². The van der Waals surface area contributed by atoms with Crippen molar-refractivity contribution >= 4 is 21.8 Å². The van der Waals surface area contributed by atoms with Crippen LogP contribution >= 0.6 is 0 Å². The lowest BCUT2D eigenvalue weighted by Crippen LogP contribution is -2.51. The summed E-state index contributed by atoms with van der Waals surface area (Å²) in [7, 11) is -3.08. The maximum Gasteiger partial charge on any atom is 0.326 e. The van der Waals surface area contributed by atoms with Crippen molar-refractivity contribution in [2.75, 3.05) is 18.1 Å². The highest BCUT2D eigenvalue weighted by molar-refractivity contribution is 7.91. The third-order valence-corrected chi connectivity index (χ3v) is 5.41. The van der Waals surface area contributed by atoms with Crippen LogP contribution in [0.2, 0.25) is 0 Å². The number of carbonyl (C=O) groups is 2. The molecule has 0 aromatic rings. The molecule has 8 heteroatoms. The third kappa shape index (κ3) is 3.37. The molecule has 2 N–H and O–H groups in total. The van der Waals surface area contributed by atoms with Crippen LogP contribution in [0.3, 0.4) is 0 Å². The molecule has 2 amide bonds. The van der Waals surface area contributed by atoms with E-state index in [2.05, 4.69) is 5.32 Å². The van der Waals surface area contributed by atoms with E-state index in [0.717, 1.165) is 0 Å². The Morgan fingerprint density at radius 1 is 1.21 bits per heavy atom. The van der Waals surface area contributed by atoms with Gasteiger partial charge in [0.1, 0.15) is 6.04 Å². The Morgan fingerprint density at radius 3 is 2.58 bits per heavy atom. The molecule has 0 aromatic carbocycles. The van der Waals surface area contributed by atoms with Crippen molar-refractivity contribution < 1.29 is 23.1 Å². The molecular weight excluding hydrogens is 272 g/mol. The van der Waals surface area contributed by atoms with Gasteiger partial charge in [0.2, 0.25) is 0 Å². The zero-order chi connectivity index (χ0) is 14.0. The van der Waals surface area contributed by atoms with E-state index < -0.39 is 33.9 Å². The van der Waals surface area contributed by atoms with Crippen molar-refractivity contribution in [3.05, 3.63) is 0 Å². The van der Waals surface area contributed by atoms with Gasteiger partial charge in [0.15, 0.2) is 9.84 Å². The fourth-order valence-corrected chi connectivity index (χ4v) is 4.30. The van der Waals surface area contributed by atoms with Crippen LogP contribution < -0.4 is 5.32 Å². The van der Waals surface area contributed by atoms with Crippen molar-refractivity contribution in [2.45, 2.75) is 37.8 Å². The summed E-state index contributed by atoms with van der Waals surface area (Å²) >= 11 is 0. The molecule has 0 spiro atoms. The van der Waals surface area contributed by atoms with Crippen LogP contribution in [-0.4, -0.2) is 60.6 Å². The molecule has 2 rings (SSSR count). The molecule has 19 heavy (non-hydrogen) atoms. The Balaban J connectivity index is 1.95. The summed E-state index contributed by atoms with van der Waals surface area (Å²) in [6, 6.07) is -1.66. The number of carboxylic acid groups (broad SMARTS) is 1. The van der Waals surface area contributed by atoms with E-state index in [4.69, 9.17) is 5.11 Å². The van der Waals surface area contributed by atoms with Gasteiger partial charge in [-0.3, -0.25) is 0 Å². The predicted molar refractivity (Wildman–Crippen MR) is 67.6 cm³/mol. The highest BCUT2D eigenvalue weighted by atomic mass is 32.2. The minimum absolute atomic E-state index is 0.0513. The maximum absolute atomic E-state index is 12.0. The van der Waals surface area contributed by atoms with Gasteiger partial charge >= 0.3 is 12.0 Å². The molecule has 2 heterocycles. The molecule has 7 nitrogen and oxygen atoms in total. The number of carbonyl (C=O) groups excluding carboxylic acids is 1. The van der Waals surface area contributed by atoms with Crippen LogP contribution in [0.5, 0.6) is 0 Å². The summed E-state index contributed by atoms with van der Waals surface area (Å²) < 4.78 is 23.0. The predicted octanol–water partition coefficient (Wildman–Crippen LogP) is -0.178. The third-order valence-electron chi connectivity index (χ3n) is 3.59. The first-order valence-electron chi connectivity index (χ1n) is 6.39. The van der Waals surface area contributed by atoms with E-state index >= 15 is 0 Å². The Bertz CT molecular complexity index is 475. The average Bonchev–Trinajstić information content (AvgIpc) is 2.76. The van der Waals surface area contributed by atoms with Crippen LogP contribution in [0.25, 0.3) is 0 Å². The van der Waals surface area contributed by atoms with Crippen LogP contribution in [0.1, 0.15) is 25.7 Å². The molecule has 2 saturated heterocycles. The summed E-state index contributed by atoms with van der Waals surface area (Å²) in [6.07, 6.45) is 2.27. The minimum Gasteiger partial charge on any atom is -0.480 e. The number of hydrogen-bond donors (Lipinski definition) is 2. The van der Waals surface area contributed by atoms with Gasteiger partial charge in [-0.15, -0.1) is 0 Å². The Morgan fingerprint density at radius 2 is 1.95 bits per heavy atom. The van der Waals surface area contributed by atoms with E-state index in [-0.39, 0.29) is 11.5 Å². The number of likely N-dealkylation sites (tertiary alicyclic amines) is 1. The van der Waals surface area contributed by atoms with Crippen molar-refractivity contribution in [3.63, 3.8) is 0 Å². The van der Waals surface area contributed by atoms with E-state index in [0.29, 0.717) is 32.2 Å². The van der Waals surface area contributed by atoms with Gasteiger partial charge in [-0.05, 0) is 25.7 Å². The first-order valence-corrected chi connectivity index (χ1v) is 8.21. The summed E-state index contributed by atoms with van der Waals surface area (Å²) in [5.41, 5.74) is 0. The van der Waals surface area contributed by atoms with Crippen LogP contribution in [0.4, 0.5) is 4.79 Å². The lowest BCUT2D eigenvalue weighted by atomic mass is 10.2. The Labute approximate surface area is 111 Å². The van der Waals surface area contributed by atoms with Gasteiger partial charge in [0.25, 0.3) is 0 Å². The highest BCUT2D eigenvalue weighted by Gasteiger charge is 2.35. The fourth-order valence-electron chi connectivity index (χ4n) is 2.66. The van der Waals surface area contributed by atoms with E-state index in [9.17, 15) is 18.0 Å². The number of sulfone groups is 1. The number of amides is 2. The van der Waals surface area contributed by atoms with Crippen molar-refractivity contribution in [2.24, 2.45) is 0 Å². The van der Waals surface area contributed by atoms with Gasteiger partial charge in [0, 0.05) is 12.6 Å². The van der Waals surface area contributed by atoms with Gasteiger partial charge in [-0.2, -0.15) is 0 Å². The quantitative estimate of drug-likeness (QED) is 0.734. The van der Waals surface area contributed by atoms with Gasteiger partial charge in [-0.25, -0.2) is 18.0 Å². The number of nitrogens with zero attached hydrogens (tertiary/aromatic N) is 1. The number of nitrogens with one attached hydrogen (secondary N) is 1. The first-order chi connectivity index (χ1) is 8.89. The largest absolute Gasteiger partial charge is 0.480 e. The molecule has 2 aliphatic rings. The van der Waals surface area contributed by atoms with Crippen LogP contribution in [0, 0.1) is 0 Å². The fraction of sp³-hybridized carbons (Fsp3) is 0.818. The molecule has 108 valence electrons. The van der Waals surface area contributed by atoms with Gasteiger partial charge in [0.05, 0.1) is 11.5 Å².